The molecular weight excluding hydrogens is 218 g/mol. The molecule has 17 heavy (non-hydrogen) atoms. The standard InChI is InChI=1S/C12H21N3O2/c1-17-12(16)5-4-7-13-6-2-3-9-15-10-8-14-11-15/h8,10-11,13H,2-7,9H2,1H3. The van der Waals surface area contributed by atoms with Gasteiger partial charge in [0.15, 0.2) is 0 Å². The van der Waals surface area contributed by atoms with Crippen molar-refractivity contribution < 1.29 is 9.53 Å². The van der Waals surface area contributed by atoms with Gasteiger partial charge < -0.3 is 14.6 Å². The maximum Gasteiger partial charge on any atom is 0.305 e. The predicted octanol–water partition coefficient (Wildman–Crippen LogP) is 1.21. The van der Waals surface area contributed by atoms with Gasteiger partial charge in [-0.2, -0.15) is 0 Å². The molecule has 0 atom stereocenters. The first-order valence-corrected chi connectivity index (χ1v) is 6.06. The number of nitrogens with one attached hydrogen (secondary N) is 1. The number of aromatic nitrogens is 2. The Balaban J connectivity index is 1.83. The van der Waals surface area contributed by atoms with Crippen molar-refractivity contribution in [3.63, 3.8) is 0 Å². The van der Waals surface area contributed by atoms with Gasteiger partial charge in [-0.15, -0.1) is 0 Å². The van der Waals surface area contributed by atoms with Crippen molar-refractivity contribution >= 4 is 5.97 Å². The maximum absolute atomic E-state index is 10.8. The summed E-state index contributed by atoms with van der Waals surface area (Å²) in [6.07, 6.45) is 9.22. The highest BCUT2D eigenvalue weighted by Crippen LogP contribution is 1.94. The molecule has 0 radical (unpaired) electrons. The highest BCUT2D eigenvalue weighted by atomic mass is 16.5. The van der Waals surface area contributed by atoms with Gasteiger partial charge in [-0.1, -0.05) is 0 Å². The molecule has 1 heterocycles. The molecule has 1 aromatic rings. The van der Waals surface area contributed by atoms with Crippen LogP contribution >= 0.6 is 0 Å². The van der Waals surface area contributed by atoms with E-state index in [9.17, 15) is 4.79 Å². The molecule has 1 aromatic heterocycles. The van der Waals surface area contributed by atoms with E-state index in [-0.39, 0.29) is 5.97 Å². The summed E-state index contributed by atoms with van der Waals surface area (Å²) < 4.78 is 6.64. The first-order valence-electron chi connectivity index (χ1n) is 6.06. The van der Waals surface area contributed by atoms with Crippen molar-refractivity contribution in [1.29, 1.82) is 0 Å². The van der Waals surface area contributed by atoms with E-state index in [1.165, 1.54) is 7.11 Å². The first-order chi connectivity index (χ1) is 8.33. The first kappa shape index (κ1) is 13.7. The average Bonchev–Trinajstić information content (AvgIpc) is 2.85. The molecule has 1 rings (SSSR count). The lowest BCUT2D eigenvalue weighted by Crippen LogP contribution is -2.18. The van der Waals surface area contributed by atoms with E-state index in [2.05, 4.69) is 19.6 Å². The summed E-state index contributed by atoms with van der Waals surface area (Å²) in [6, 6.07) is 0. The fourth-order valence-electron chi connectivity index (χ4n) is 1.55. The number of methoxy groups -OCH3 is 1. The number of imidazole rings is 1. The van der Waals surface area contributed by atoms with Crippen LogP contribution in [0, 0.1) is 0 Å². The van der Waals surface area contributed by atoms with E-state index < -0.39 is 0 Å². The van der Waals surface area contributed by atoms with Crippen LogP contribution < -0.4 is 5.32 Å². The summed E-state index contributed by atoms with van der Waals surface area (Å²) >= 11 is 0. The second-order valence-electron chi connectivity index (χ2n) is 3.94. The normalized spacial score (nSPS) is 10.4. The average molecular weight is 239 g/mol. The summed E-state index contributed by atoms with van der Waals surface area (Å²) in [5.74, 6) is -0.132. The Morgan fingerprint density at radius 1 is 1.35 bits per heavy atom. The number of hydrogen-bond acceptors (Lipinski definition) is 4. The topological polar surface area (TPSA) is 56.1 Å². The van der Waals surface area contributed by atoms with Gasteiger partial charge in [0.1, 0.15) is 0 Å². The molecule has 5 heteroatoms. The van der Waals surface area contributed by atoms with E-state index in [0.29, 0.717) is 6.42 Å². The maximum atomic E-state index is 10.8. The lowest BCUT2D eigenvalue weighted by atomic mass is 10.3. The molecule has 0 aromatic carbocycles. The monoisotopic (exact) mass is 239 g/mol. The molecule has 0 unspecified atom stereocenters. The van der Waals surface area contributed by atoms with Crippen molar-refractivity contribution in [2.24, 2.45) is 0 Å². The number of nitrogens with zero attached hydrogens (tertiary/aromatic N) is 2. The smallest absolute Gasteiger partial charge is 0.305 e. The van der Waals surface area contributed by atoms with Crippen molar-refractivity contribution in [3.8, 4) is 0 Å². The minimum atomic E-state index is -0.132. The molecule has 96 valence electrons. The number of hydrogen-bond donors (Lipinski definition) is 1. The van der Waals surface area contributed by atoms with Crippen LogP contribution in [0.25, 0.3) is 0 Å². The molecule has 0 aliphatic carbocycles. The SMILES string of the molecule is COC(=O)CCCNCCCCn1ccnc1. The highest BCUT2D eigenvalue weighted by molar-refractivity contribution is 5.68. The number of carbonyl (C=O) groups excluding carboxylic acids is 1. The molecule has 0 saturated carbocycles. The van der Waals surface area contributed by atoms with Crippen LogP contribution in [0.5, 0.6) is 0 Å². The molecule has 0 aliphatic rings. The molecule has 0 saturated heterocycles. The van der Waals surface area contributed by atoms with E-state index in [1.807, 2.05) is 12.5 Å². The molecule has 1 N–H and O–H groups in total. The Morgan fingerprint density at radius 2 is 2.18 bits per heavy atom. The fourth-order valence-corrected chi connectivity index (χ4v) is 1.55. The zero-order valence-electron chi connectivity index (χ0n) is 10.4. The number of esters is 1. The van der Waals surface area contributed by atoms with Crippen LogP contribution in [0.15, 0.2) is 18.7 Å². The lowest BCUT2D eigenvalue weighted by Gasteiger charge is -2.04. The molecule has 0 fully saturated rings. The van der Waals surface area contributed by atoms with E-state index in [1.54, 1.807) is 6.20 Å². The van der Waals surface area contributed by atoms with E-state index in [4.69, 9.17) is 0 Å². The summed E-state index contributed by atoms with van der Waals surface area (Å²) in [7, 11) is 1.42. The molecule has 0 amide bonds. The van der Waals surface area contributed by atoms with Gasteiger partial charge in [0.05, 0.1) is 13.4 Å². The molecular formula is C12H21N3O2. The van der Waals surface area contributed by atoms with Crippen LogP contribution in [0.1, 0.15) is 25.7 Å². The van der Waals surface area contributed by atoms with Crippen molar-refractivity contribution in [3.05, 3.63) is 18.7 Å². The number of aryl methyl sites for hydroxylation is 1. The second kappa shape index (κ2) is 8.75. The van der Waals surface area contributed by atoms with Crippen LogP contribution in [-0.4, -0.2) is 35.7 Å². The third kappa shape index (κ3) is 6.73. The number of ether oxygens (including phenoxy) is 1. The van der Waals surface area contributed by atoms with Crippen molar-refractivity contribution in [2.45, 2.75) is 32.2 Å². The zero-order chi connectivity index (χ0) is 12.3. The summed E-state index contributed by atoms with van der Waals surface area (Å²) in [6.45, 7) is 2.89. The third-order valence-corrected chi connectivity index (χ3v) is 2.54. The highest BCUT2D eigenvalue weighted by Gasteiger charge is 1.98. The molecule has 0 spiro atoms. The van der Waals surface area contributed by atoms with Gasteiger partial charge in [-0.25, -0.2) is 4.98 Å². The van der Waals surface area contributed by atoms with Gasteiger partial charge in [-0.05, 0) is 32.4 Å². The van der Waals surface area contributed by atoms with Crippen LogP contribution in [0.4, 0.5) is 0 Å². The largest absolute Gasteiger partial charge is 0.469 e. The molecule has 0 aliphatic heterocycles. The Kier molecular flexibility index (Phi) is 7.06. The third-order valence-electron chi connectivity index (χ3n) is 2.54. The van der Waals surface area contributed by atoms with Gasteiger partial charge in [0.25, 0.3) is 0 Å². The minimum Gasteiger partial charge on any atom is -0.469 e. The Labute approximate surface area is 102 Å². The van der Waals surface area contributed by atoms with Gasteiger partial charge in [-0.3, -0.25) is 4.79 Å². The summed E-state index contributed by atoms with van der Waals surface area (Å²) in [4.78, 5) is 14.8. The summed E-state index contributed by atoms with van der Waals surface area (Å²) in [5.41, 5.74) is 0. The molecule has 0 bridgehead atoms. The van der Waals surface area contributed by atoms with Crippen LogP contribution in [-0.2, 0) is 16.1 Å². The van der Waals surface area contributed by atoms with Gasteiger partial charge >= 0.3 is 5.97 Å². The fraction of sp³-hybridized carbons (Fsp3) is 0.667. The van der Waals surface area contributed by atoms with Crippen LogP contribution in [0.2, 0.25) is 0 Å². The van der Waals surface area contributed by atoms with E-state index in [0.717, 1.165) is 38.9 Å². The second-order valence-corrected chi connectivity index (χ2v) is 3.94. The van der Waals surface area contributed by atoms with E-state index >= 15 is 0 Å². The van der Waals surface area contributed by atoms with Gasteiger partial charge in [0.2, 0.25) is 0 Å². The number of carbonyl (C=O) groups is 1. The van der Waals surface area contributed by atoms with Crippen molar-refractivity contribution in [2.75, 3.05) is 20.2 Å². The summed E-state index contributed by atoms with van der Waals surface area (Å²) in [5, 5.41) is 3.31. The number of rotatable bonds is 9. The Morgan fingerprint density at radius 3 is 2.88 bits per heavy atom. The predicted molar refractivity (Wildman–Crippen MR) is 65.6 cm³/mol. The Bertz CT molecular complexity index is 299. The van der Waals surface area contributed by atoms with Crippen LogP contribution in [0.3, 0.4) is 0 Å². The lowest BCUT2D eigenvalue weighted by molar-refractivity contribution is -0.140. The minimum absolute atomic E-state index is 0.132. The van der Waals surface area contributed by atoms with Crippen molar-refractivity contribution in [1.82, 2.24) is 14.9 Å². The van der Waals surface area contributed by atoms with Gasteiger partial charge in [0, 0.05) is 25.4 Å². The zero-order valence-corrected chi connectivity index (χ0v) is 10.4. The Hall–Kier alpha value is -1.36. The quantitative estimate of drug-likeness (QED) is 0.520. The molecule has 5 nitrogen and oxygen atoms in total. The number of unbranched alkanes of at least 4 members (excludes halogenated alkanes) is 1.